The quantitative estimate of drug-likeness (QED) is 0.467. The predicted molar refractivity (Wildman–Crippen MR) is 70.0 cm³/mol. The molecule has 0 aliphatic rings. The molecule has 0 unspecified atom stereocenters. The summed E-state index contributed by atoms with van der Waals surface area (Å²) < 4.78 is 10.1. The van der Waals surface area contributed by atoms with Crippen LogP contribution < -0.4 is 44.1 Å². The second-order valence-electron chi connectivity index (χ2n) is 3.62. The first-order chi connectivity index (χ1) is 9.63. The topological polar surface area (TPSA) is 84.4 Å². The molecule has 1 heterocycles. The summed E-state index contributed by atoms with van der Waals surface area (Å²) in [6.45, 7) is 0. The number of carboxylic acid groups (broad SMARTS) is 1. The van der Waals surface area contributed by atoms with Crippen molar-refractivity contribution in [3.63, 3.8) is 0 Å². The summed E-state index contributed by atoms with van der Waals surface area (Å²) in [5.74, 6) is -0.571. The van der Waals surface area contributed by atoms with Crippen molar-refractivity contribution in [2.45, 2.75) is 10.1 Å². The first-order valence-corrected chi connectivity index (χ1v) is 6.41. The number of hydrogen-bond donors (Lipinski definition) is 0. The second kappa shape index (κ2) is 8.23. The molecule has 0 aliphatic carbocycles. The number of ether oxygens (including phenoxy) is 2. The Kier molecular flexibility index (Phi) is 6.97. The average Bonchev–Trinajstić information content (AvgIpc) is 2.47. The van der Waals surface area contributed by atoms with Gasteiger partial charge in [0.05, 0.1) is 26.3 Å². The molecular weight excluding hydrogens is 303 g/mol. The van der Waals surface area contributed by atoms with Crippen LogP contribution in [0.5, 0.6) is 11.8 Å². The normalized spacial score (nSPS) is 9.62. The summed E-state index contributed by atoms with van der Waals surface area (Å²) in [6, 6.07) is 8.02. The van der Waals surface area contributed by atoms with Crippen molar-refractivity contribution in [2.24, 2.45) is 0 Å². The van der Waals surface area contributed by atoms with Gasteiger partial charge in [0.15, 0.2) is 5.16 Å². The van der Waals surface area contributed by atoms with Gasteiger partial charge in [0, 0.05) is 10.5 Å². The van der Waals surface area contributed by atoms with Crippen LogP contribution in [-0.4, -0.2) is 30.2 Å². The van der Waals surface area contributed by atoms with Crippen LogP contribution >= 0.6 is 11.8 Å². The van der Waals surface area contributed by atoms with Gasteiger partial charge >= 0.3 is 29.6 Å². The van der Waals surface area contributed by atoms with Crippen molar-refractivity contribution < 1.29 is 48.9 Å². The Labute approximate surface area is 148 Å². The van der Waals surface area contributed by atoms with Gasteiger partial charge < -0.3 is 19.4 Å². The van der Waals surface area contributed by atoms with Crippen LogP contribution in [0.4, 0.5) is 0 Å². The first kappa shape index (κ1) is 17.8. The van der Waals surface area contributed by atoms with Gasteiger partial charge in [-0.2, -0.15) is 9.97 Å². The molecule has 0 saturated carbocycles. The fourth-order valence-corrected chi connectivity index (χ4v) is 2.34. The Morgan fingerprint density at radius 2 is 1.71 bits per heavy atom. The number of benzene rings is 1. The van der Waals surface area contributed by atoms with Crippen molar-refractivity contribution >= 4 is 17.7 Å². The summed E-state index contributed by atoms with van der Waals surface area (Å²) in [6.07, 6.45) is 0. The largest absolute Gasteiger partial charge is 1.00 e. The minimum atomic E-state index is -1.25. The Morgan fingerprint density at radius 3 is 2.24 bits per heavy atom. The average molecular weight is 314 g/mol. The number of aromatic nitrogens is 2. The van der Waals surface area contributed by atoms with E-state index in [0.717, 1.165) is 11.8 Å². The zero-order valence-electron chi connectivity index (χ0n) is 11.8. The number of nitrogens with zero attached hydrogens (tertiary/aromatic N) is 2. The van der Waals surface area contributed by atoms with Crippen molar-refractivity contribution in [1.29, 1.82) is 0 Å². The number of aromatic carboxylic acids is 1. The standard InChI is InChI=1S/C13H12N2O4S.Na/c1-18-10-7-11(19-2)15-13(14-10)20-9-6-4-3-5-8(9)12(16)17;/h3-7H,1-2H3,(H,16,17);/q;+1/p-1. The third kappa shape index (κ3) is 4.60. The van der Waals surface area contributed by atoms with E-state index in [1.807, 2.05) is 0 Å². The van der Waals surface area contributed by atoms with Crippen molar-refractivity contribution in [2.75, 3.05) is 14.2 Å². The molecule has 0 saturated heterocycles. The Hall–Kier alpha value is -1.28. The van der Waals surface area contributed by atoms with Crippen molar-refractivity contribution in [1.82, 2.24) is 9.97 Å². The van der Waals surface area contributed by atoms with E-state index >= 15 is 0 Å². The number of carboxylic acids is 1. The zero-order chi connectivity index (χ0) is 14.5. The van der Waals surface area contributed by atoms with Gasteiger partial charge in [0.1, 0.15) is 0 Å². The van der Waals surface area contributed by atoms with Gasteiger partial charge in [-0.05, 0) is 17.8 Å². The van der Waals surface area contributed by atoms with Crippen LogP contribution in [0.25, 0.3) is 0 Å². The van der Waals surface area contributed by atoms with Crippen molar-refractivity contribution in [3.8, 4) is 11.8 Å². The molecule has 0 spiro atoms. The smallest absolute Gasteiger partial charge is 0.545 e. The van der Waals surface area contributed by atoms with E-state index in [0.29, 0.717) is 21.8 Å². The molecule has 1 aromatic heterocycles. The molecule has 8 heteroatoms. The number of carbonyl (C=O) groups excluding carboxylic acids is 1. The minimum Gasteiger partial charge on any atom is -0.545 e. The molecule has 0 fully saturated rings. The van der Waals surface area contributed by atoms with Gasteiger partial charge in [0.2, 0.25) is 11.8 Å². The van der Waals surface area contributed by atoms with Crippen LogP contribution in [0.3, 0.4) is 0 Å². The molecule has 0 atom stereocenters. The number of carbonyl (C=O) groups is 1. The van der Waals surface area contributed by atoms with Gasteiger partial charge in [-0.15, -0.1) is 0 Å². The van der Waals surface area contributed by atoms with Gasteiger partial charge in [-0.25, -0.2) is 0 Å². The molecular formula is C13H11N2NaO4S. The number of methoxy groups -OCH3 is 2. The predicted octanol–water partition coefficient (Wildman–Crippen LogP) is -1.99. The van der Waals surface area contributed by atoms with Crippen LogP contribution in [0.15, 0.2) is 40.4 Å². The van der Waals surface area contributed by atoms with E-state index in [1.165, 1.54) is 26.4 Å². The number of rotatable bonds is 5. The molecule has 6 nitrogen and oxygen atoms in total. The third-order valence-electron chi connectivity index (χ3n) is 2.39. The summed E-state index contributed by atoms with van der Waals surface area (Å²) >= 11 is 1.10. The Balaban J connectivity index is 0.00000220. The van der Waals surface area contributed by atoms with Crippen molar-refractivity contribution in [3.05, 3.63) is 35.9 Å². The fraction of sp³-hybridized carbons (Fsp3) is 0.154. The molecule has 0 radical (unpaired) electrons. The number of hydrogen-bond acceptors (Lipinski definition) is 7. The summed E-state index contributed by atoms with van der Waals surface area (Å²) in [5, 5.41) is 11.4. The third-order valence-corrected chi connectivity index (χ3v) is 3.33. The zero-order valence-corrected chi connectivity index (χ0v) is 14.6. The molecule has 0 bridgehead atoms. The van der Waals surface area contributed by atoms with Gasteiger partial charge in [-0.1, -0.05) is 18.2 Å². The Morgan fingerprint density at radius 1 is 1.14 bits per heavy atom. The van der Waals surface area contributed by atoms with E-state index in [4.69, 9.17) is 9.47 Å². The molecule has 0 N–H and O–H groups in total. The summed E-state index contributed by atoms with van der Waals surface area (Å²) in [4.78, 5) is 19.8. The maximum Gasteiger partial charge on any atom is 1.00 e. The van der Waals surface area contributed by atoms with Gasteiger partial charge in [0.25, 0.3) is 0 Å². The van der Waals surface area contributed by atoms with E-state index in [2.05, 4.69) is 9.97 Å². The molecule has 1 aromatic carbocycles. The minimum absolute atomic E-state index is 0. The second-order valence-corrected chi connectivity index (χ2v) is 4.63. The maximum atomic E-state index is 11.0. The summed E-state index contributed by atoms with van der Waals surface area (Å²) in [5.41, 5.74) is 0.0860. The fourth-order valence-electron chi connectivity index (χ4n) is 1.46. The van der Waals surface area contributed by atoms with Crippen LogP contribution in [0, 0.1) is 0 Å². The Bertz CT molecular complexity index is 617. The van der Waals surface area contributed by atoms with Crippen LogP contribution in [0.2, 0.25) is 0 Å². The monoisotopic (exact) mass is 314 g/mol. The van der Waals surface area contributed by atoms with E-state index < -0.39 is 5.97 Å². The molecule has 104 valence electrons. The molecule has 21 heavy (non-hydrogen) atoms. The molecule has 2 aromatic rings. The molecule has 2 rings (SSSR count). The maximum absolute atomic E-state index is 11.0. The van der Waals surface area contributed by atoms with Crippen LogP contribution in [-0.2, 0) is 0 Å². The van der Waals surface area contributed by atoms with E-state index in [-0.39, 0.29) is 35.1 Å². The first-order valence-electron chi connectivity index (χ1n) is 5.59. The molecule has 0 aliphatic heterocycles. The van der Waals surface area contributed by atoms with E-state index in [9.17, 15) is 9.90 Å². The SMILES string of the molecule is COc1cc(OC)nc(Sc2ccccc2C(=O)[O-])n1.[Na+]. The molecule has 0 amide bonds. The van der Waals surface area contributed by atoms with E-state index in [1.54, 1.807) is 18.2 Å². The van der Waals surface area contributed by atoms with Gasteiger partial charge in [-0.3, -0.25) is 0 Å². The summed E-state index contributed by atoms with van der Waals surface area (Å²) in [7, 11) is 2.96. The van der Waals surface area contributed by atoms with Crippen LogP contribution in [0.1, 0.15) is 10.4 Å².